The van der Waals surface area contributed by atoms with Gasteiger partial charge in [0.1, 0.15) is 12.0 Å². The Morgan fingerprint density at radius 2 is 2.17 bits per heavy atom. The number of unbranched alkanes of at least 4 members (excludes halogenated alkanes) is 3. The Hall–Kier alpha value is -2.22. The van der Waals surface area contributed by atoms with Gasteiger partial charge in [0.25, 0.3) is 5.69 Å². The summed E-state index contributed by atoms with van der Waals surface area (Å²) >= 11 is 0. The van der Waals surface area contributed by atoms with E-state index in [1.807, 2.05) is 4.90 Å². The second-order valence-electron chi connectivity index (χ2n) is 6.08. The largest absolute Gasteiger partial charge is 0.365 e. The van der Waals surface area contributed by atoms with Crippen LogP contribution in [0, 0.1) is 10.1 Å². The Morgan fingerprint density at radius 1 is 1.38 bits per heavy atom. The Bertz CT molecular complexity index is 549. The van der Waals surface area contributed by atoms with Gasteiger partial charge in [-0.15, -0.1) is 0 Å². The topological polar surface area (TPSA) is 114 Å². The van der Waals surface area contributed by atoms with Gasteiger partial charge in [-0.3, -0.25) is 14.9 Å². The first-order chi connectivity index (χ1) is 11.6. The molecular weight excluding hydrogens is 310 g/mol. The number of nitro groups is 1. The predicted octanol–water partition coefficient (Wildman–Crippen LogP) is 1.91. The zero-order valence-electron chi connectivity index (χ0n) is 13.8. The number of amides is 1. The van der Waals surface area contributed by atoms with Crippen LogP contribution in [0.4, 0.5) is 11.5 Å². The number of carbonyl (C=O) groups is 1. The second-order valence-corrected chi connectivity index (χ2v) is 6.08. The molecule has 0 saturated carbocycles. The van der Waals surface area contributed by atoms with E-state index in [1.165, 1.54) is 12.3 Å². The first-order valence-corrected chi connectivity index (χ1v) is 8.45. The fourth-order valence-corrected chi connectivity index (χ4v) is 2.83. The molecule has 1 fully saturated rings. The van der Waals surface area contributed by atoms with Gasteiger partial charge in [0.15, 0.2) is 0 Å². The summed E-state index contributed by atoms with van der Waals surface area (Å²) in [7, 11) is 0. The van der Waals surface area contributed by atoms with Gasteiger partial charge in [-0.1, -0.05) is 12.8 Å². The molecule has 2 heterocycles. The molecule has 0 aliphatic carbocycles. The number of hydrogen-bond donors (Lipinski definition) is 2. The summed E-state index contributed by atoms with van der Waals surface area (Å²) in [5.41, 5.74) is 5.42. The van der Waals surface area contributed by atoms with Crippen LogP contribution >= 0.6 is 0 Å². The fourth-order valence-electron chi connectivity index (χ4n) is 2.83. The molecule has 0 bridgehead atoms. The van der Waals surface area contributed by atoms with Gasteiger partial charge in [-0.05, 0) is 31.9 Å². The lowest BCUT2D eigenvalue weighted by Crippen LogP contribution is -2.31. The van der Waals surface area contributed by atoms with E-state index < -0.39 is 4.92 Å². The molecule has 0 spiro atoms. The van der Waals surface area contributed by atoms with E-state index in [2.05, 4.69) is 10.3 Å². The number of aromatic nitrogens is 1. The van der Waals surface area contributed by atoms with Crippen molar-refractivity contribution in [1.29, 1.82) is 0 Å². The molecule has 2 rings (SSSR count). The van der Waals surface area contributed by atoms with Crippen molar-refractivity contribution in [3.8, 4) is 0 Å². The highest BCUT2D eigenvalue weighted by atomic mass is 16.6. The Morgan fingerprint density at radius 3 is 2.83 bits per heavy atom. The lowest BCUT2D eigenvalue weighted by atomic mass is 10.1. The summed E-state index contributed by atoms with van der Waals surface area (Å²) < 4.78 is 0. The summed E-state index contributed by atoms with van der Waals surface area (Å²) in [5.74, 6) is 0.797. The average molecular weight is 335 g/mol. The zero-order chi connectivity index (χ0) is 17.4. The summed E-state index contributed by atoms with van der Waals surface area (Å²) in [5, 5.41) is 13.8. The van der Waals surface area contributed by atoms with E-state index >= 15 is 0 Å². The van der Waals surface area contributed by atoms with Crippen LogP contribution in [0.2, 0.25) is 0 Å². The van der Waals surface area contributed by atoms with Crippen molar-refractivity contribution >= 4 is 17.4 Å². The smallest absolute Gasteiger partial charge is 0.287 e. The number of pyridine rings is 1. The molecule has 132 valence electrons. The Balaban J connectivity index is 1.72. The van der Waals surface area contributed by atoms with Crippen molar-refractivity contribution < 1.29 is 9.72 Å². The van der Waals surface area contributed by atoms with Crippen molar-refractivity contribution in [2.75, 3.05) is 25.0 Å². The molecule has 1 aliphatic rings. The molecule has 0 radical (unpaired) electrons. The van der Waals surface area contributed by atoms with Crippen LogP contribution in [0.5, 0.6) is 0 Å². The maximum absolute atomic E-state index is 12.2. The van der Waals surface area contributed by atoms with Crippen molar-refractivity contribution in [3.05, 3.63) is 28.4 Å². The number of carbonyl (C=O) groups excluding carboxylic acids is 1. The number of nitrogens with two attached hydrogens (primary N) is 1. The van der Waals surface area contributed by atoms with Crippen LogP contribution in [0.15, 0.2) is 18.3 Å². The van der Waals surface area contributed by atoms with Gasteiger partial charge < -0.3 is 16.0 Å². The lowest BCUT2D eigenvalue weighted by molar-refractivity contribution is -0.385. The van der Waals surface area contributed by atoms with Crippen LogP contribution in [0.25, 0.3) is 0 Å². The molecule has 1 unspecified atom stereocenters. The van der Waals surface area contributed by atoms with E-state index in [-0.39, 0.29) is 17.6 Å². The molecule has 1 amide bonds. The van der Waals surface area contributed by atoms with E-state index in [9.17, 15) is 14.9 Å². The number of nitrogens with one attached hydrogen (secondary N) is 1. The molecule has 24 heavy (non-hydrogen) atoms. The highest BCUT2D eigenvalue weighted by Crippen LogP contribution is 2.18. The Labute approximate surface area is 141 Å². The van der Waals surface area contributed by atoms with Crippen LogP contribution < -0.4 is 11.1 Å². The molecule has 0 aromatic carbocycles. The van der Waals surface area contributed by atoms with Gasteiger partial charge in [0.2, 0.25) is 5.91 Å². The minimum atomic E-state index is -0.472. The molecule has 3 N–H and O–H groups in total. The standard InChI is InChI=1S/C16H25N5O3/c17-9-4-2-1-3-5-16(22)20-10-8-13(12-20)19-15-7-6-14(11-18-15)21(23)24/h6-7,11,13H,1-5,8-10,12,17H2,(H,18,19). The minimum absolute atomic E-state index is 0.0292. The number of hydrogen-bond acceptors (Lipinski definition) is 6. The normalized spacial score (nSPS) is 17.0. The Kier molecular flexibility index (Phi) is 6.92. The molecule has 1 saturated heterocycles. The maximum Gasteiger partial charge on any atom is 0.287 e. The molecular formula is C16H25N5O3. The molecule has 8 heteroatoms. The van der Waals surface area contributed by atoms with Gasteiger partial charge in [-0.2, -0.15) is 0 Å². The molecule has 1 aliphatic heterocycles. The predicted molar refractivity (Wildman–Crippen MR) is 91.6 cm³/mol. The van der Waals surface area contributed by atoms with Crippen LogP contribution in [-0.2, 0) is 4.79 Å². The maximum atomic E-state index is 12.2. The first-order valence-electron chi connectivity index (χ1n) is 8.45. The third-order valence-corrected chi connectivity index (χ3v) is 4.20. The first kappa shape index (κ1) is 18.1. The number of anilines is 1. The van der Waals surface area contributed by atoms with Gasteiger partial charge in [-0.25, -0.2) is 4.98 Å². The molecule has 1 aromatic heterocycles. The molecule has 1 aromatic rings. The SMILES string of the molecule is NCCCCCCC(=O)N1CCC(Nc2ccc([N+](=O)[O-])cn2)C1. The fraction of sp³-hybridized carbons (Fsp3) is 0.625. The number of likely N-dealkylation sites (tertiary alicyclic amines) is 1. The highest BCUT2D eigenvalue weighted by molar-refractivity contribution is 5.76. The van der Waals surface area contributed by atoms with E-state index in [4.69, 9.17) is 5.73 Å². The van der Waals surface area contributed by atoms with Gasteiger partial charge in [0.05, 0.1) is 4.92 Å². The summed E-state index contributed by atoms with van der Waals surface area (Å²) in [6.07, 6.45) is 6.75. The summed E-state index contributed by atoms with van der Waals surface area (Å²) in [4.78, 5) is 28.2. The van der Waals surface area contributed by atoms with E-state index in [0.717, 1.165) is 38.6 Å². The van der Waals surface area contributed by atoms with Crippen LogP contribution in [0.3, 0.4) is 0 Å². The van der Waals surface area contributed by atoms with Crippen molar-refractivity contribution in [2.24, 2.45) is 5.73 Å². The third kappa shape index (κ3) is 5.45. The molecule has 1 atom stereocenters. The second kappa shape index (κ2) is 9.17. The van der Waals surface area contributed by atoms with Crippen molar-refractivity contribution in [2.45, 2.75) is 44.6 Å². The van der Waals surface area contributed by atoms with Gasteiger partial charge in [0, 0.05) is 31.6 Å². The summed E-state index contributed by atoms with van der Waals surface area (Å²) in [6.45, 7) is 2.11. The lowest BCUT2D eigenvalue weighted by Gasteiger charge is -2.17. The monoisotopic (exact) mass is 335 g/mol. The quantitative estimate of drug-likeness (QED) is 0.405. The number of nitrogens with zero attached hydrogens (tertiary/aromatic N) is 3. The third-order valence-electron chi connectivity index (χ3n) is 4.20. The highest BCUT2D eigenvalue weighted by Gasteiger charge is 2.26. The van der Waals surface area contributed by atoms with Crippen LogP contribution in [0.1, 0.15) is 38.5 Å². The van der Waals surface area contributed by atoms with Gasteiger partial charge >= 0.3 is 0 Å². The number of rotatable bonds is 9. The van der Waals surface area contributed by atoms with E-state index in [1.54, 1.807) is 6.07 Å². The minimum Gasteiger partial charge on any atom is -0.365 e. The molecule has 8 nitrogen and oxygen atoms in total. The zero-order valence-corrected chi connectivity index (χ0v) is 13.8. The average Bonchev–Trinajstić information content (AvgIpc) is 3.03. The van der Waals surface area contributed by atoms with E-state index in [0.29, 0.717) is 25.3 Å². The van der Waals surface area contributed by atoms with Crippen molar-refractivity contribution in [1.82, 2.24) is 9.88 Å². The summed E-state index contributed by atoms with van der Waals surface area (Å²) in [6, 6.07) is 3.16. The van der Waals surface area contributed by atoms with Crippen LogP contribution in [-0.4, -0.2) is 46.4 Å². The van der Waals surface area contributed by atoms with Crippen molar-refractivity contribution in [3.63, 3.8) is 0 Å².